The van der Waals surface area contributed by atoms with Crippen molar-refractivity contribution in [3.63, 3.8) is 0 Å². The summed E-state index contributed by atoms with van der Waals surface area (Å²) in [4.78, 5) is 27.8. The minimum absolute atomic E-state index is 0.00340. The Labute approximate surface area is 202 Å². The maximum atomic E-state index is 14.0. The molecule has 0 spiro atoms. The molecule has 7 nitrogen and oxygen atoms in total. The van der Waals surface area contributed by atoms with E-state index in [2.05, 4.69) is 65.3 Å². The summed E-state index contributed by atoms with van der Waals surface area (Å²) in [7, 11) is 2.16. The van der Waals surface area contributed by atoms with Crippen molar-refractivity contribution in [3.05, 3.63) is 52.8 Å². The average molecular weight is 464 g/mol. The lowest BCUT2D eigenvalue weighted by Crippen LogP contribution is -2.50. The molecule has 1 N–H and O–H groups in total. The van der Waals surface area contributed by atoms with Crippen molar-refractivity contribution in [2.24, 2.45) is 5.92 Å². The molecule has 2 fully saturated rings. The Balaban J connectivity index is 1.35. The number of amides is 1. The summed E-state index contributed by atoms with van der Waals surface area (Å²) in [6, 6.07) is 9.18. The SMILES string of the molecule is Cc1cccc([C@H]2CN(C)CC[C@@H]2C(=O)N2Cc3nc(NC4CCOCC4)ncc3C[C@H]2C)c1. The lowest BCUT2D eigenvalue weighted by Gasteiger charge is -2.42. The van der Waals surface area contributed by atoms with Crippen LogP contribution < -0.4 is 5.32 Å². The lowest BCUT2D eigenvalue weighted by molar-refractivity contribution is -0.141. The predicted molar refractivity (Wildman–Crippen MR) is 133 cm³/mol. The van der Waals surface area contributed by atoms with Gasteiger partial charge >= 0.3 is 0 Å². The van der Waals surface area contributed by atoms with Gasteiger partial charge in [-0.05, 0) is 64.3 Å². The zero-order valence-corrected chi connectivity index (χ0v) is 20.7. The van der Waals surface area contributed by atoms with E-state index < -0.39 is 0 Å². The van der Waals surface area contributed by atoms with Crippen LogP contribution in [0.15, 0.2) is 30.5 Å². The molecule has 3 aliphatic heterocycles. The highest BCUT2D eigenvalue weighted by molar-refractivity contribution is 5.81. The number of likely N-dealkylation sites (tertiary alicyclic amines) is 1. The van der Waals surface area contributed by atoms with Gasteiger partial charge in [-0.2, -0.15) is 0 Å². The second-order valence-electron chi connectivity index (χ2n) is 10.4. The average Bonchev–Trinajstić information content (AvgIpc) is 2.84. The van der Waals surface area contributed by atoms with Crippen LogP contribution >= 0.6 is 0 Å². The van der Waals surface area contributed by atoms with Crippen LogP contribution in [-0.2, 0) is 22.5 Å². The Hall–Kier alpha value is -2.51. The summed E-state index contributed by atoms with van der Waals surface area (Å²) in [5.74, 6) is 1.17. The van der Waals surface area contributed by atoms with Crippen molar-refractivity contribution >= 4 is 11.9 Å². The number of carbonyl (C=O) groups excluding carboxylic acids is 1. The van der Waals surface area contributed by atoms with E-state index in [1.54, 1.807) is 0 Å². The minimum Gasteiger partial charge on any atom is -0.381 e. The van der Waals surface area contributed by atoms with Crippen molar-refractivity contribution in [1.82, 2.24) is 19.8 Å². The smallest absolute Gasteiger partial charge is 0.227 e. The predicted octanol–water partition coefficient (Wildman–Crippen LogP) is 3.38. The first-order chi connectivity index (χ1) is 16.5. The lowest BCUT2D eigenvalue weighted by atomic mass is 9.79. The van der Waals surface area contributed by atoms with Crippen LogP contribution in [0.5, 0.6) is 0 Å². The quantitative estimate of drug-likeness (QED) is 0.750. The Bertz CT molecular complexity index is 1020. The number of benzene rings is 1. The van der Waals surface area contributed by atoms with Crippen LogP contribution in [-0.4, -0.2) is 71.1 Å². The molecule has 182 valence electrons. The van der Waals surface area contributed by atoms with Crippen molar-refractivity contribution < 1.29 is 9.53 Å². The number of hydrogen-bond acceptors (Lipinski definition) is 6. The molecule has 0 unspecified atom stereocenters. The third kappa shape index (κ3) is 4.96. The van der Waals surface area contributed by atoms with Gasteiger partial charge in [0.05, 0.1) is 12.2 Å². The largest absolute Gasteiger partial charge is 0.381 e. The highest BCUT2D eigenvalue weighted by Gasteiger charge is 2.39. The van der Waals surface area contributed by atoms with Crippen LogP contribution in [0, 0.1) is 12.8 Å². The first-order valence-electron chi connectivity index (χ1n) is 12.7. The molecule has 7 heteroatoms. The van der Waals surface area contributed by atoms with E-state index in [-0.39, 0.29) is 23.8 Å². The monoisotopic (exact) mass is 463 g/mol. The maximum Gasteiger partial charge on any atom is 0.227 e. The second kappa shape index (κ2) is 10.0. The number of nitrogens with one attached hydrogen (secondary N) is 1. The molecule has 4 heterocycles. The number of likely N-dealkylation sites (N-methyl/N-ethyl adjacent to an activating group) is 1. The molecule has 0 radical (unpaired) electrons. The van der Waals surface area contributed by atoms with Crippen molar-refractivity contribution in [3.8, 4) is 0 Å². The van der Waals surface area contributed by atoms with Crippen LogP contribution in [0.2, 0.25) is 0 Å². The van der Waals surface area contributed by atoms with Crippen LogP contribution in [0.25, 0.3) is 0 Å². The molecule has 2 aromatic rings. The number of fused-ring (bicyclic) bond motifs is 1. The number of piperidine rings is 1. The minimum atomic E-state index is 0.00340. The van der Waals surface area contributed by atoms with E-state index in [1.807, 2.05) is 6.20 Å². The Morgan fingerprint density at radius 3 is 2.82 bits per heavy atom. The molecule has 0 bridgehead atoms. The number of hydrogen-bond donors (Lipinski definition) is 1. The van der Waals surface area contributed by atoms with Gasteiger partial charge in [-0.15, -0.1) is 0 Å². The Morgan fingerprint density at radius 2 is 2.03 bits per heavy atom. The number of carbonyl (C=O) groups is 1. The van der Waals surface area contributed by atoms with Crippen molar-refractivity contribution in [2.75, 3.05) is 38.7 Å². The van der Waals surface area contributed by atoms with Crippen LogP contribution in [0.3, 0.4) is 0 Å². The fourth-order valence-corrected chi connectivity index (χ4v) is 5.75. The van der Waals surface area contributed by atoms with E-state index >= 15 is 0 Å². The van der Waals surface area contributed by atoms with E-state index in [0.29, 0.717) is 18.5 Å². The van der Waals surface area contributed by atoms with Gasteiger partial charge in [0, 0.05) is 49.9 Å². The van der Waals surface area contributed by atoms with Gasteiger partial charge in [0.15, 0.2) is 0 Å². The van der Waals surface area contributed by atoms with Gasteiger partial charge in [0.25, 0.3) is 0 Å². The fourth-order valence-electron chi connectivity index (χ4n) is 5.75. The molecule has 0 saturated carbocycles. The van der Waals surface area contributed by atoms with E-state index in [4.69, 9.17) is 9.72 Å². The van der Waals surface area contributed by atoms with Gasteiger partial charge in [-0.25, -0.2) is 9.97 Å². The first-order valence-corrected chi connectivity index (χ1v) is 12.7. The van der Waals surface area contributed by atoms with Gasteiger partial charge in [0.2, 0.25) is 11.9 Å². The summed E-state index contributed by atoms with van der Waals surface area (Å²) >= 11 is 0. The normalized spacial score (nSPS) is 26.2. The summed E-state index contributed by atoms with van der Waals surface area (Å²) in [6.07, 6.45) is 5.59. The zero-order valence-electron chi connectivity index (χ0n) is 20.7. The number of aryl methyl sites for hydroxylation is 1. The van der Waals surface area contributed by atoms with Crippen molar-refractivity contribution in [1.29, 1.82) is 0 Å². The molecule has 1 aromatic heterocycles. The van der Waals surface area contributed by atoms with E-state index in [9.17, 15) is 4.79 Å². The van der Waals surface area contributed by atoms with Gasteiger partial charge in [-0.3, -0.25) is 4.79 Å². The highest BCUT2D eigenvalue weighted by atomic mass is 16.5. The zero-order chi connectivity index (χ0) is 23.7. The third-order valence-corrected chi connectivity index (χ3v) is 7.76. The van der Waals surface area contributed by atoms with E-state index in [1.165, 1.54) is 11.1 Å². The summed E-state index contributed by atoms with van der Waals surface area (Å²) in [6.45, 7) is 8.28. The molecule has 3 atom stereocenters. The summed E-state index contributed by atoms with van der Waals surface area (Å²) in [5, 5.41) is 3.48. The molecular formula is C27H37N5O2. The van der Waals surface area contributed by atoms with Gasteiger partial charge < -0.3 is 19.9 Å². The Kier molecular flexibility index (Phi) is 6.84. The number of ether oxygens (including phenoxy) is 1. The molecule has 34 heavy (non-hydrogen) atoms. The van der Waals surface area contributed by atoms with E-state index in [0.717, 1.165) is 63.2 Å². The first kappa shape index (κ1) is 23.2. The number of aromatic nitrogens is 2. The Morgan fingerprint density at radius 1 is 1.21 bits per heavy atom. The summed E-state index contributed by atoms with van der Waals surface area (Å²) < 4.78 is 5.46. The molecule has 2 saturated heterocycles. The number of rotatable bonds is 4. The van der Waals surface area contributed by atoms with Crippen molar-refractivity contribution in [2.45, 2.75) is 64.1 Å². The molecule has 0 aliphatic carbocycles. The third-order valence-electron chi connectivity index (χ3n) is 7.76. The molecule has 3 aliphatic rings. The van der Waals surface area contributed by atoms with Crippen LogP contribution in [0.1, 0.15) is 54.5 Å². The van der Waals surface area contributed by atoms with Gasteiger partial charge in [0.1, 0.15) is 0 Å². The standard InChI is InChI=1S/C27H37N5O2/c1-18-5-4-6-20(13-18)24-16-31(3)10-7-23(24)26(33)32-17-25-21(14-19(32)2)15-28-27(30-25)29-22-8-11-34-12-9-22/h4-6,13,15,19,22-24H,7-12,14,16-17H2,1-3H3,(H,28,29,30)/t19-,23+,24-/m1/s1. The molecule has 5 rings (SSSR count). The molecule has 1 amide bonds. The molecule has 1 aromatic carbocycles. The fraction of sp³-hybridized carbons (Fsp3) is 0.593. The van der Waals surface area contributed by atoms with Crippen LogP contribution in [0.4, 0.5) is 5.95 Å². The van der Waals surface area contributed by atoms with Gasteiger partial charge in [-0.1, -0.05) is 29.8 Å². The summed E-state index contributed by atoms with van der Waals surface area (Å²) in [5.41, 5.74) is 4.67. The maximum absolute atomic E-state index is 14.0. The number of anilines is 1. The topological polar surface area (TPSA) is 70.6 Å². The highest BCUT2D eigenvalue weighted by Crippen LogP contribution is 2.35. The number of nitrogens with zero attached hydrogens (tertiary/aromatic N) is 4. The molecular weight excluding hydrogens is 426 g/mol. The second-order valence-corrected chi connectivity index (χ2v) is 10.4.